The summed E-state index contributed by atoms with van der Waals surface area (Å²) < 4.78 is 10.4. The second-order valence-electron chi connectivity index (χ2n) is 6.17. The third kappa shape index (κ3) is 3.43. The van der Waals surface area contributed by atoms with E-state index in [9.17, 15) is 9.59 Å². The second kappa shape index (κ2) is 7.61. The predicted octanol–water partition coefficient (Wildman–Crippen LogP) is 2.03. The van der Waals surface area contributed by atoms with Crippen molar-refractivity contribution in [3.05, 3.63) is 53.0 Å². The molecule has 2 aromatic heterocycles. The van der Waals surface area contributed by atoms with Gasteiger partial charge in [-0.05, 0) is 37.6 Å². The quantitative estimate of drug-likeness (QED) is 0.613. The molecule has 1 aliphatic rings. The van der Waals surface area contributed by atoms with Crippen molar-refractivity contribution >= 4 is 17.6 Å². The summed E-state index contributed by atoms with van der Waals surface area (Å²) in [7, 11) is 1.28. The highest BCUT2D eigenvalue weighted by atomic mass is 16.5. The van der Waals surface area contributed by atoms with Crippen molar-refractivity contribution in [1.29, 1.82) is 0 Å². The lowest BCUT2D eigenvalue weighted by Crippen LogP contribution is -2.42. The van der Waals surface area contributed by atoms with Crippen molar-refractivity contribution in [1.82, 2.24) is 9.97 Å². The molecular weight excluding hydrogens is 334 g/mol. The number of ketones is 1. The van der Waals surface area contributed by atoms with E-state index >= 15 is 0 Å². The lowest BCUT2D eigenvalue weighted by atomic mass is 9.99. The van der Waals surface area contributed by atoms with Crippen LogP contribution in [0.1, 0.15) is 38.9 Å². The molecule has 0 radical (unpaired) electrons. The first kappa shape index (κ1) is 18.0. The summed E-state index contributed by atoms with van der Waals surface area (Å²) in [5.41, 5.74) is 1.44. The molecule has 0 spiro atoms. The first-order valence-electron chi connectivity index (χ1n) is 8.43. The number of hydrogen-bond donors (Lipinski definition) is 0. The highest BCUT2D eigenvalue weighted by molar-refractivity contribution is 6.16. The number of aromatic nitrogens is 2. The molecule has 3 heterocycles. The minimum absolute atomic E-state index is 0.0505. The second-order valence-corrected chi connectivity index (χ2v) is 6.17. The molecule has 136 valence electrons. The van der Waals surface area contributed by atoms with Crippen LogP contribution in [0.4, 0.5) is 5.82 Å². The van der Waals surface area contributed by atoms with E-state index < -0.39 is 5.97 Å². The summed E-state index contributed by atoms with van der Waals surface area (Å²) in [5.74, 6) is -0.345. The third-order valence-corrected chi connectivity index (χ3v) is 4.34. The molecule has 1 fully saturated rings. The summed E-state index contributed by atoms with van der Waals surface area (Å²) in [5, 5.41) is 0. The first-order chi connectivity index (χ1) is 12.5. The number of morpholine rings is 1. The zero-order valence-electron chi connectivity index (χ0n) is 15.1. The van der Waals surface area contributed by atoms with Crippen LogP contribution in [0.25, 0.3) is 0 Å². The number of ether oxygens (including phenoxy) is 2. The maximum atomic E-state index is 13.3. The van der Waals surface area contributed by atoms with Gasteiger partial charge in [-0.15, -0.1) is 0 Å². The molecule has 1 aliphatic heterocycles. The number of esters is 1. The molecule has 0 amide bonds. The van der Waals surface area contributed by atoms with Crippen LogP contribution in [0.2, 0.25) is 0 Å². The molecular formula is C19H21N3O4. The molecule has 1 unspecified atom stereocenters. The van der Waals surface area contributed by atoms with Gasteiger partial charge >= 0.3 is 5.97 Å². The van der Waals surface area contributed by atoms with E-state index in [0.717, 1.165) is 5.56 Å². The Kier molecular flexibility index (Phi) is 5.27. The first-order valence-corrected chi connectivity index (χ1v) is 8.43. The fourth-order valence-corrected chi connectivity index (χ4v) is 3.05. The molecule has 26 heavy (non-hydrogen) atoms. The van der Waals surface area contributed by atoms with Crippen LogP contribution in [0.15, 0.2) is 30.6 Å². The zero-order chi connectivity index (χ0) is 18.7. The Hall–Kier alpha value is -2.80. The predicted molar refractivity (Wildman–Crippen MR) is 95.6 cm³/mol. The van der Waals surface area contributed by atoms with Crippen LogP contribution in [-0.4, -0.2) is 54.6 Å². The van der Waals surface area contributed by atoms with Crippen molar-refractivity contribution in [2.24, 2.45) is 0 Å². The highest BCUT2D eigenvalue weighted by Gasteiger charge is 2.28. The number of aryl methyl sites for hydroxylation is 1. The fraction of sp³-hybridized carbons (Fsp3) is 0.368. The van der Waals surface area contributed by atoms with Crippen LogP contribution in [0.3, 0.4) is 0 Å². The van der Waals surface area contributed by atoms with E-state index in [0.29, 0.717) is 31.1 Å². The van der Waals surface area contributed by atoms with E-state index in [4.69, 9.17) is 9.47 Å². The molecule has 0 N–H and O–H groups in total. The maximum Gasteiger partial charge on any atom is 0.340 e. The van der Waals surface area contributed by atoms with Gasteiger partial charge in [0.05, 0.1) is 30.9 Å². The highest BCUT2D eigenvalue weighted by Crippen LogP contribution is 2.26. The Morgan fingerprint density at radius 2 is 2.08 bits per heavy atom. The Labute approximate surface area is 152 Å². The molecule has 3 rings (SSSR count). The summed E-state index contributed by atoms with van der Waals surface area (Å²) in [4.78, 5) is 35.9. The number of carbonyl (C=O) groups excluding carboxylic acids is 2. The van der Waals surface area contributed by atoms with Gasteiger partial charge in [0.2, 0.25) is 5.78 Å². The summed E-state index contributed by atoms with van der Waals surface area (Å²) in [6.45, 7) is 5.69. The van der Waals surface area contributed by atoms with Gasteiger partial charge in [0, 0.05) is 25.5 Å². The number of rotatable bonds is 4. The van der Waals surface area contributed by atoms with Crippen molar-refractivity contribution in [3.63, 3.8) is 0 Å². The number of hydrogen-bond acceptors (Lipinski definition) is 7. The van der Waals surface area contributed by atoms with Crippen molar-refractivity contribution in [2.75, 3.05) is 31.7 Å². The topological polar surface area (TPSA) is 81.6 Å². The van der Waals surface area contributed by atoms with Crippen LogP contribution in [-0.2, 0) is 9.47 Å². The third-order valence-electron chi connectivity index (χ3n) is 4.34. The lowest BCUT2D eigenvalue weighted by Gasteiger charge is -2.33. The summed E-state index contributed by atoms with van der Waals surface area (Å²) in [6.07, 6.45) is 3.22. The Morgan fingerprint density at radius 3 is 2.81 bits per heavy atom. The number of nitrogens with zero attached hydrogens (tertiary/aromatic N) is 3. The van der Waals surface area contributed by atoms with Gasteiger partial charge in [0.15, 0.2) is 0 Å². The minimum Gasteiger partial charge on any atom is -0.465 e. The SMILES string of the molecule is COC(=O)c1cccnc1C(=O)c1c(C)ccnc1N1CCOC(C)C1. The zero-order valence-corrected chi connectivity index (χ0v) is 15.1. The normalized spacial score (nSPS) is 17.0. The van der Waals surface area contributed by atoms with Gasteiger partial charge < -0.3 is 14.4 Å². The molecule has 0 aromatic carbocycles. The van der Waals surface area contributed by atoms with Crippen LogP contribution < -0.4 is 4.90 Å². The Bertz CT molecular complexity index is 837. The van der Waals surface area contributed by atoms with E-state index in [2.05, 4.69) is 9.97 Å². The monoisotopic (exact) mass is 355 g/mol. The van der Waals surface area contributed by atoms with Crippen LogP contribution in [0, 0.1) is 6.92 Å². The van der Waals surface area contributed by atoms with E-state index in [-0.39, 0.29) is 23.1 Å². The van der Waals surface area contributed by atoms with Gasteiger partial charge in [-0.2, -0.15) is 0 Å². The van der Waals surface area contributed by atoms with Gasteiger partial charge in [-0.25, -0.2) is 9.78 Å². The summed E-state index contributed by atoms with van der Waals surface area (Å²) in [6, 6.07) is 4.92. The lowest BCUT2D eigenvalue weighted by molar-refractivity contribution is 0.0528. The molecule has 0 bridgehead atoms. The van der Waals surface area contributed by atoms with Crippen molar-refractivity contribution in [2.45, 2.75) is 20.0 Å². The van der Waals surface area contributed by atoms with Crippen molar-refractivity contribution < 1.29 is 19.1 Å². The van der Waals surface area contributed by atoms with Gasteiger partial charge in [-0.1, -0.05) is 0 Å². The maximum absolute atomic E-state index is 13.3. The van der Waals surface area contributed by atoms with Gasteiger partial charge in [-0.3, -0.25) is 9.78 Å². The van der Waals surface area contributed by atoms with Crippen LogP contribution >= 0.6 is 0 Å². The van der Waals surface area contributed by atoms with Crippen molar-refractivity contribution in [3.8, 4) is 0 Å². The fourth-order valence-electron chi connectivity index (χ4n) is 3.05. The molecule has 1 atom stereocenters. The average Bonchev–Trinajstić information content (AvgIpc) is 2.66. The summed E-state index contributed by atoms with van der Waals surface area (Å²) >= 11 is 0. The molecule has 0 saturated carbocycles. The molecule has 7 heteroatoms. The average molecular weight is 355 g/mol. The molecule has 1 saturated heterocycles. The Balaban J connectivity index is 2.07. The molecule has 7 nitrogen and oxygen atoms in total. The minimum atomic E-state index is -0.593. The molecule has 0 aliphatic carbocycles. The largest absolute Gasteiger partial charge is 0.465 e. The Morgan fingerprint density at radius 1 is 1.27 bits per heavy atom. The number of methoxy groups -OCH3 is 1. The number of anilines is 1. The molecule has 2 aromatic rings. The number of pyridine rings is 2. The van der Waals surface area contributed by atoms with E-state index in [1.54, 1.807) is 18.3 Å². The van der Waals surface area contributed by atoms with Crippen LogP contribution in [0.5, 0.6) is 0 Å². The number of carbonyl (C=O) groups is 2. The van der Waals surface area contributed by atoms with E-state index in [1.165, 1.54) is 19.4 Å². The smallest absolute Gasteiger partial charge is 0.340 e. The van der Waals surface area contributed by atoms with E-state index in [1.807, 2.05) is 18.7 Å². The van der Waals surface area contributed by atoms with Gasteiger partial charge in [0.1, 0.15) is 11.5 Å². The standard InChI is InChI=1S/C19H21N3O4/c1-12-6-8-21-18(22-9-10-26-13(2)11-22)15(12)17(23)16-14(19(24)25-3)5-4-7-20-16/h4-8,13H,9-11H2,1-3H3. The van der Waals surface area contributed by atoms with Gasteiger partial charge in [0.25, 0.3) is 0 Å².